The fourth-order valence-electron chi connectivity index (χ4n) is 3.98. The molecule has 0 aliphatic heterocycles. The Morgan fingerprint density at radius 3 is 2.52 bits per heavy atom. The number of hydrogen-bond donors (Lipinski definition) is 3. The number of fused-ring (bicyclic) bond motifs is 2. The minimum Gasteiger partial charge on any atom is -0.481 e. The highest BCUT2D eigenvalue weighted by Crippen LogP contribution is 2.52. The lowest BCUT2D eigenvalue weighted by Crippen LogP contribution is -2.48. The van der Waals surface area contributed by atoms with Gasteiger partial charge in [0.05, 0.1) is 17.4 Å². The van der Waals surface area contributed by atoms with Crippen LogP contribution in [0.2, 0.25) is 0 Å². The largest absolute Gasteiger partial charge is 0.481 e. The Bertz CT molecular complexity index is 642. The van der Waals surface area contributed by atoms with Crippen LogP contribution in [-0.2, 0) is 16.0 Å². The number of carbonyl (C=O) groups is 3. The van der Waals surface area contributed by atoms with Gasteiger partial charge < -0.3 is 5.11 Å². The number of carbonyl (C=O) groups excluding carboxylic acids is 2. The van der Waals surface area contributed by atoms with Crippen LogP contribution in [0.3, 0.4) is 0 Å². The molecule has 3 N–H and O–H groups in total. The van der Waals surface area contributed by atoms with E-state index in [2.05, 4.69) is 10.9 Å². The Balaban J connectivity index is 1.60. The van der Waals surface area contributed by atoms with E-state index in [1.807, 2.05) is 6.92 Å². The number of carboxylic acids is 1. The summed E-state index contributed by atoms with van der Waals surface area (Å²) in [6.07, 6.45) is 3.43. The van der Waals surface area contributed by atoms with Crippen molar-refractivity contribution in [3.63, 3.8) is 0 Å². The van der Waals surface area contributed by atoms with E-state index in [0.717, 1.165) is 30.6 Å². The smallest absolute Gasteiger partial charge is 0.307 e. The van der Waals surface area contributed by atoms with Gasteiger partial charge in [-0.3, -0.25) is 25.2 Å². The van der Waals surface area contributed by atoms with E-state index >= 15 is 0 Å². The molecule has 0 radical (unpaired) electrons. The first-order chi connectivity index (χ1) is 11.0. The third kappa shape index (κ3) is 2.97. The lowest BCUT2D eigenvalue weighted by Gasteiger charge is -2.26. The fraction of sp³-hybridized carbons (Fsp3) is 0.562. The summed E-state index contributed by atoms with van der Waals surface area (Å²) in [5, 5.41) is 11.1. The van der Waals surface area contributed by atoms with Crippen LogP contribution in [0.25, 0.3) is 0 Å². The van der Waals surface area contributed by atoms with E-state index in [9.17, 15) is 19.5 Å². The zero-order chi connectivity index (χ0) is 16.6. The second kappa shape index (κ2) is 6.31. The number of nitrogens with one attached hydrogen (secondary N) is 2. The van der Waals surface area contributed by atoms with Gasteiger partial charge in [0.2, 0.25) is 5.91 Å². The third-order valence-corrected chi connectivity index (χ3v) is 6.15. The summed E-state index contributed by atoms with van der Waals surface area (Å²) in [7, 11) is 0. The van der Waals surface area contributed by atoms with E-state index < -0.39 is 17.8 Å². The van der Waals surface area contributed by atoms with Gasteiger partial charge in [-0.15, -0.1) is 11.3 Å². The van der Waals surface area contributed by atoms with Crippen molar-refractivity contribution < 1.29 is 19.5 Å². The Morgan fingerprint density at radius 2 is 1.91 bits per heavy atom. The van der Waals surface area contributed by atoms with Gasteiger partial charge in [-0.25, -0.2) is 0 Å². The molecule has 1 aromatic heterocycles. The van der Waals surface area contributed by atoms with Gasteiger partial charge in [-0.1, -0.05) is 6.92 Å². The number of aliphatic carboxylic acids is 1. The lowest BCUT2D eigenvalue weighted by atomic mass is 9.79. The molecule has 23 heavy (non-hydrogen) atoms. The average Bonchev–Trinajstić information content (AvgIpc) is 3.25. The molecule has 2 aliphatic rings. The summed E-state index contributed by atoms with van der Waals surface area (Å²) < 4.78 is 0. The summed E-state index contributed by atoms with van der Waals surface area (Å²) in [6, 6.07) is 1.80. The van der Waals surface area contributed by atoms with Crippen LogP contribution in [-0.4, -0.2) is 22.9 Å². The molecule has 4 atom stereocenters. The van der Waals surface area contributed by atoms with Crippen LogP contribution in [0, 0.1) is 23.7 Å². The molecule has 2 aliphatic carbocycles. The number of thiophene rings is 1. The van der Waals surface area contributed by atoms with Crippen molar-refractivity contribution in [3.8, 4) is 0 Å². The molecule has 0 aromatic carbocycles. The molecule has 124 valence electrons. The second-order valence-corrected chi connectivity index (χ2v) is 7.32. The zero-order valence-corrected chi connectivity index (χ0v) is 13.7. The van der Waals surface area contributed by atoms with Gasteiger partial charge in [0, 0.05) is 10.3 Å². The van der Waals surface area contributed by atoms with E-state index in [4.69, 9.17) is 0 Å². The SMILES string of the molecule is CCc1cc(C(=O)NNC(=O)[C@H]2[C@H]3CC[C@@H](C3)[C@@H]2C(=O)O)cs1. The molecule has 1 aromatic rings. The van der Waals surface area contributed by atoms with Gasteiger partial charge in [0.15, 0.2) is 0 Å². The van der Waals surface area contributed by atoms with Crippen molar-refractivity contribution in [1.82, 2.24) is 10.9 Å². The number of amides is 2. The average molecular weight is 336 g/mol. The molecule has 0 spiro atoms. The molecule has 3 rings (SSSR count). The molecule has 0 saturated heterocycles. The monoisotopic (exact) mass is 336 g/mol. The summed E-state index contributed by atoms with van der Waals surface area (Å²) in [4.78, 5) is 36.9. The van der Waals surface area contributed by atoms with Crippen LogP contribution in [0.1, 0.15) is 41.4 Å². The Hall–Kier alpha value is -1.89. The van der Waals surface area contributed by atoms with Crippen molar-refractivity contribution >= 4 is 29.1 Å². The van der Waals surface area contributed by atoms with Crippen molar-refractivity contribution in [2.75, 3.05) is 0 Å². The first kappa shape index (κ1) is 16.0. The summed E-state index contributed by atoms with van der Waals surface area (Å²) in [5.41, 5.74) is 5.34. The van der Waals surface area contributed by atoms with Crippen LogP contribution < -0.4 is 10.9 Å². The fourth-order valence-corrected chi connectivity index (χ4v) is 4.80. The minimum atomic E-state index is -0.908. The summed E-state index contributed by atoms with van der Waals surface area (Å²) >= 11 is 1.50. The molecule has 1 heterocycles. The highest BCUT2D eigenvalue weighted by molar-refractivity contribution is 7.10. The maximum Gasteiger partial charge on any atom is 0.307 e. The highest BCUT2D eigenvalue weighted by Gasteiger charge is 2.54. The molecular formula is C16H20N2O4S. The number of hydrogen-bond acceptors (Lipinski definition) is 4. The zero-order valence-electron chi connectivity index (χ0n) is 12.9. The Kier molecular flexibility index (Phi) is 4.39. The lowest BCUT2D eigenvalue weighted by molar-refractivity contribution is -0.149. The van der Waals surface area contributed by atoms with Crippen LogP contribution in [0.5, 0.6) is 0 Å². The number of hydrazine groups is 1. The Morgan fingerprint density at radius 1 is 1.22 bits per heavy atom. The van der Waals surface area contributed by atoms with Gasteiger partial charge >= 0.3 is 5.97 Å². The normalized spacial score (nSPS) is 28.6. The number of aryl methyl sites for hydroxylation is 1. The maximum atomic E-state index is 12.4. The summed E-state index contributed by atoms with van der Waals surface area (Å²) in [5.74, 6) is -2.63. The van der Waals surface area contributed by atoms with Crippen LogP contribution >= 0.6 is 11.3 Å². The van der Waals surface area contributed by atoms with Crippen molar-refractivity contribution in [2.45, 2.75) is 32.6 Å². The molecular weight excluding hydrogens is 316 g/mol. The first-order valence-electron chi connectivity index (χ1n) is 7.91. The molecule has 2 amide bonds. The van der Waals surface area contributed by atoms with Gasteiger partial charge in [0.1, 0.15) is 0 Å². The quantitative estimate of drug-likeness (QED) is 0.731. The van der Waals surface area contributed by atoms with E-state index in [1.54, 1.807) is 11.4 Å². The number of carboxylic acid groups (broad SMARTS) is 1. The standard InChI is InChI=1S/C16H20N2O4S/c1-2-11-6-10(7-23-11)14(19)17-18-15(20)12-8-3-4-9(5-8)13(12)16(21)22/h6-9,12-13H,2-5H2,1H3,(H,17,19)(H,18,20)(H,21,22)/t8-,9-,12-,13-/m0/s1. The summed E-state index contributed by atoms with van der Waals surface area (Å²) in [6.45, 7) is 2.01. The molecule has 2 saturated carbocycles. The van der Waals surface area contributed by atoms with E-state index in [1.165, 1.54) is 11.3 Å². The number of rotatable bonds is 4. The van der Waals surface area contributed by atoms with Gasteiger partial charge in [0.25, 0.3) is 5.91 Å². The first-order valence-corrected chi connectivity index (χ1v) is 8.79. The van der Waals surface area contributed by atoms with Gasteiger partial charge in [-0.05, 0) is 43.6 Å². The van der Waals surface area contributed by atoms with Crippen molar-refractivity contribution in [1.29, 1.82) is 0 Å². The molecule has 0 unspecified atom stereocenters. The maximum absolute atomic E-state index is 12.4. The predicted octanol–water partition coefficient (Wildman–Crippen LogP) is 1.82. The van der Waals surface area contributed by atoms with Crippen molar-refractivity contribution in [2.24, 2.45) is 23.7 Å². The van der Waals surface area contributed by atoms with E-state index in [-0.39, 0.29) is 23.7 Å². The van der Waals surface area contributed by atoms with Crippen LogP contribution in [0.15, 0.2) is 11.4 Å². The van der Waals surface area contributed by atoms with Gasteiger partial charge in [-0.2, -0.15) is 0 Å². The van der Waals surface area contributed by atoms with E-state index in [0.29, 0.717) is 5.56 Å². The van der Waals surface area contributed by atoms with Crippen molar-refractivity contribution in [3.05, 3.63) is 21.9 Å². The molecule has 2 fully saturated rings. The Labute approximate surface area is 138 Å². The third-order valence-electron chi connectivity index (χ3n) is 5.07. The second-order valence-electron chi connectivity index (χ2n) is 6.32. The van der Waals surface area contributed by atoms with Crippen LogP contribution in [0.4, 0.5) is 0 Å². The highest BCUT2D eigenvalue weighted by atomic mass is 32.1. The predicted molar refractivity (Wildman–Crippen MR) is 84.8 cm³/mol. The molecule has 2 bridgehead atoms. The minimum absolute atomic E-state index is 0.0907. The molecule has 6 nitrogen and oxygen atoms in total. The molecule has 7 heteroatoms. The topological polar surface area (TPSA) is 95.5 Å².